The molecule has 0 saturated heterocycles. The van der Waals surface area contributed by atoms with E-state index in [9.17, 15) is 5.26 Å². The average molecular weight is 386 g/mol. The topological polar surface area (TPSA) is 30.3 Å². The number of hydrogen-bond donors (Lipinski definition) is 0. The molecular weight excluding hydrogens is 342 g/mol. The lowest BCUT2D eigenvalue weighted by atomic mass is 9.69. The van der Waals surface area contributed by atoms with E-state index >= 15 is 0 Å². The van der Waals surface area contributed by atoms with Crippen LogP contribution in [0.25, 0.3) is 0 Å². The molecule has 0 spiro atoms. The van der Waals surface area contributed by atoms with Gasteiger partial charge in [-0.25, -0.2) is 0 Å². The Labute approximate surface area is 174 Å². The Hall–Kier alpha value is -1.37. The SMILES string of the molecule is CC(C)N(CCC(C#N)(c1ccccc1)C(C)CN(C(C)C)C(C)C)C(C)C. The summed E-state index contributed by atoms with van der Waals surface area (Å²) in [5.41, 5.74) is 0.677. The molecule has 28 heavy (non-hydrogen) atoms. The lowest BCUT2D eigenvalue weighted by Crippen LogP contribution is -2.47. The molecule has 158 valence electrons. The molecule has 0 saturated carbocycles. The van der Waals surface area contributed by atoms with Crippen molar-refractivity contribution < 1.29 is 0 Å². The summed E-state index contributed by atoms with van der Waals surface area (Å²) in [6.45, 7) is 22.1. The van der Waals surface area contributed by atoms with Crippen molar-refractivity contribution in [3.63, 3.8) is 0 Å². The van der Waals surface area contributed by atoms with Crippen LogP contribution in [-0.4, -0.2) is 47.1 Å². The minimum atomic E-state index is -0.481. The fourth-order valence-electron chi connectivity index (χ4n) is 4.55. The van der Waals surface area contributed by atoms with E-state index in [1.54, 1.807) is 0 Å². The van der Waals surface area contributed by atoms with Crippen LogP contribution in [0.3, 0.4) is 0 Å². The second kappa shape index (κ2) is 11.0. The Kier molecular flexibility index (Phi) is 9.67. The van der Waals surface area contributed by atoms with Gasteiger partial charge in [0, 0.05) is 37.3 Å². The van der Waals surface area contributed by atoms with E-state index < -0.39 is 5.41 Å². The predicted octanol–water partition coefficient (Wildman–Crippen LogP) is 5.71. The first kappa shape index (κ1) is 24.7. The molecule has 2 unspecified atom stereocenters. The molecule has 3 nitrogen and oxygen atoms in total. The Morgan fingerprint density at radius 2 is 1.25 bits per heavy atom. The Balaban J connectivity index is 3.26. The summed E-state index contributed by atoms with van der Waals surface area (Å²) in [6, 6.07) is 15.2. The van der Waals surface area contributed by atoms with E-state index in [1.165, 1.54) is 0 Å². The first-order chi connectivity index (χ1) is 13.1. The maximum atomic E-state index is 10.5. The van der Waals surface area contributed by atoms with Crippen molar-refractivity contribution in [2.75, 3.05) is 13.1 Å². The van der Waals surface area contributed by atoms with Crippen LogP contribution in [0.1, 0.15) is 74.3 Å². The summed E-state index contributed by atoms with van der Waals surface area (Å²) in [5.74, 6) is 0.242. The molecule has 0 heterocycles. The van der Waals surface area contributed by atoms with E-state index in [2.05, 4.69) is 102 Å². The summed E-state index contributed by atoms with van der Waals surface area (Å²) >= 11 is 0. The zero-order chi connectivity index (χ0) is 21.5. The molecule has 0 aliphatic carbocycles. The van der Waals surface area contributed by atoms with Gasteiger partial charge < -0.3 is 0 Å². The Morgan fingerprint density at radius 1 is 0.786 bits per heavy atom. The second-order valence-corrected chi connectivity index (χ2v) is 9.41. The van der Waals surface area contributed by atoms with Gasteiger partial charge in [0.25, 0.3) is 0 Å². The first-order valence-corrected chi connectivity index (χ1v) is 11.0. The lowest BCUT2D eigenvalue weighted by Gasteiger charge is -2.41. The molecule has 2 atom stereocenters. The van der Waals surface area contributed by atoms with E-state index in [-0.39, 0.29) is 5.92 Å². The number of nitriles is 1. The minimum Gasteiger partial charge on any atom is -0.298 e. The molecule has 0 aliphatic rings. The first-order valence-electron chi connectivity index (χ1n) is 11.0. The van der Waals surface area contributed by atoms with Crippen LogP contribution in [-0.2, 0) is 5.41 Å². The third-order valence-electron chi connectivity index (χ3n) is 6.23. The molecule has 0 bridgehead atoms. The number of hydrogen-bond acceptors (Lipinski definition) is 3. The molecule has 3 heteroatoms. The number of rotatable bonds is 11. The second-order valence-electron chi connectivity index (χ2n) is 9.41. The Bertz CT molecular complexity index is 584. The van der Waals surface area contributed by atoms with Gasteiger partial charge >= 0.3 is 0 Å². The summed E-state index contributed by atoms with van der Waals surface area (Å²) in [5, 5.41) is 10.5. The molecule has 0 radical (unpaired) electrons. The van der Waals surface area contributed by atoms with E-state index in [4.69, 9.17) is 0 Å². The van der Waals surface area contributed by atoms with Crippen LogP contribution in [0, 0.1) is 17.2 Å². The molecule has 1 rings (SSSR count). The number of benzene rings is 1. The quantitative estimate of drug-likeness (QED) is 0.488. The van der Waals surface area contributed by atoms with E-state index in [0.29, 0.717) is 24.2 Å². The fourth-order valence-corrected chi connectivity index (χ4v) is 4.55. The number of nitrogens with zero attached hydrogens (tertiary/aromatic N) is 3. The highest BCUT2D eigenvalue weighted by atomic mass is 15.2. The van der Waals surface area contributed by atoms with Gasteiger partial charge in [0.1, 0.15) is 0 Å². The van der Waals surface area contributed by atoms with Crippen LogP contribution in [0.5, 0.6) is 0 Å². The summed E-state index contributed by atoms with van der Waals surface area (Å²) in [6.07, 6.45) is 0.856. The molecule has 0 N–H and O–H groups in total. The van der Waals surface area contributed by atoms with Crippen molar-refractivity contribution >= 4 is 0 Å². The smallest absolute Gasteiger partial charge is 0.0872 e. The zero-order valence-electron chi connectivity index (χ0n) is 19.7. The highest BCUT2D eigenvalue weighted by molar-refractivity contribution is 5.34. The van der Waals surface area contributed by atoms with Gasteiger partial charge in [-0.15, -0.1) is 0 Å². The summed E-state index contributed by atoms with van der Waals surface area (Å²) in [7, 11) is 0. The van der Waals surface area contributed by atoms with Gasteiger partial charge in [0.15, 0.2) is 0 Å². The Morgan fingerprint density at radius 3 is 1.64 bits per heavy atom. The van der Waals surface area contributed by atoms with Crippen molar-refractivity contribution in [2.45, 2.75) is 98.3 Å². The fraction of sp³-hybridized carbons (Fsp3) is 0.720. The van der Waals surface area contributed by atoms with Crippen LogP contribution in [0.15, 0.2) is 30.3 Å². The largest absolute Gasteiger partial charge is 0.298 e. The normalized spacial score (nSPS) is 15.6. The van der Waals surface area contributed by atoms with Crippen molar-refractivity contribution in [1.82, 2.24) is 9.80 Å². The van der Waals surface area contributed by atoms with Gasteiger partial charge in [0.2, 0.25) is 0 Å². The van der Waals surface area contributed by atoms with Crippen molar-refractivity contribution in [1.29, 1.82) is 5.26 Å². The third kappa shape index (κ3) is 6.06. The van der Waals surface area contributed by atoms with Crippen molar-refractivity contribution in [2.24, 2.45) is 5.92 Å². The monoisotopic (exact) mass is 385 g/mol. The van der Waals surface area contributed by atoms with Gasteiger partial charge in [-0.05, 0) is 73.3 Å². The maximum Gasteiger partial charge on any atom is 0.0872 e. The molecule has 0 aromatic heterocycles. The van der Waals surface area contributed by atoms with Crippen LogP contribution < -0.4 is 0 Å². The van der Waals surface area contributed by atoms with Crippen molar-refractivity contribution in [3.05, 3.63) is 35.9 Å². The summed E-state index contributed by atoms with van der Waals surface area (Å²) < 4.78 is 0. The molecular formula is C25H43N3. The zero-order valence-corrected chi connectivity index (χ0v) is 19.7. The van der Waals surface area contributed by atoms with Crippen LogP contribution >= 0.6 is 0 Å². The highest BCUT2D eigenvalue weighted by Gasteiger charge is 2.40. The molecule has 1 aromatic rings. The molecule has 0 aliphatic heterocycles. The highest BCUT2D eigenvalue weighted by Crippen LogP contribution is 2.37. The van der Waals surface area contributed by atoms with Gasteiger partial charge in [-0.3, -0.25) is 9.80 Å². The average Bonchev–Trinajstić information content (AvgIpc) is 2.62. The van der Waals surface area contributed by atoms with Gasteiger partial charge in [0.05, 0.1) is 11.5 Å². The maximum absolute atomic E-state index is 10.5. The molecule has 0 fully saturated rings. The van der Waals surface area contributed by atoms with Gasteiger partial charge in [-0.1, -0.05) is 37.3 Å². The summed E-state index contributed by atoms with van der Waals surface area (Å²) in [4.78, 5) is 5.02. The van der Waals surface area contributed by atoms with Crippen molar-refractivity contribution in [3.8, 4) is 6.07 Å². The predicted molar refractivity (Wildman–Crippen MR) is 121 cm³/mol. The minimum absolute atomic E-state index is 0.242. The molecule has 1 aromatic carbocycles. The molecule has 0 amide bonds. The standard InChI is InChI=1S/C25H43N3/c1-19(2)27(20(3)4)16-15-25(18-26,24-13-11-10-12-14-24)23(9)17-28(21(5)6)22(7)8/h10-14,19-23H,15-17H2,1-9H3. The van der Waals surface area contributed by atoms with Crippen LogP contribution in [0.2, 0.25) is 0 Å². The van der Waals surface area contributed by atoms with Crippen LogP contribution in [0.4, 0.5) is 0 Å². The third-order valence-corrected chi connectivity index (χ3v) is 6.23. The van der Waals surface area contributed by atoms with E-state index in [1.807, 2.05) is 6.07 Å². The lowest BCUT2D eigenvalue weighted by molar-refractivity contribution is 0.113. The van der Waals surface area contributed by atoms with E-state index in [0.717, 1.165) is 25.1 Å². The van der Waals surface area contributed by atoms with Gasteiger partial charge in [-0.2, -0.15) is 5.26 Å².